The zero-order chi connectivity index (χ0) is 10.4. The number of hydrogen-bond acceptors (Lipinski definition) is 3. The van der Waals surface area contributed by atoms with Crippen molar-refractivity contribution in [2.24, 2.45) is 0 Å². The molecule has 2 aliphatic heterocycles. The van der Waals surface area contributed by atoms with E-state index in [0.29, 0.717) is 0 Å². The Morgan fingerprint density at radius 2 is 2.21 bits per heavy atom. The predicted molar refractivity (Wildman–Crippen MR) is 53.2 cm³/mol. The average Bonchev–Trinajstić information content (AvgIpc) is 2.24. The molecule has 0 radical (unpaired) electrons. The molecule has 4 heteroatoms. The maximum atomic E-state index is 11.3. The van der Waals surface area contributed by atoms with Crippen LogP contribution in [-0.4, -0.2) is 42.3 Å². The van der Waals surface area contributed by atoms with Crippen LogP contribution in [-0.2, 0) is 4.74 Å². The van der Waals surface area contributed by atoms with Gasteiger partial charge in [-0.3, -0.25) is 0 Å². The SMILES string of the molecule is CN1CC2(CCNC(C)(C)C2)OC1=O. The lowest BCUT2D eigenvalue weighted by molar-refractivity contribution is 0.00209. The molecule has 2 fully saturated rings. The second-order valence-corrected chi connectivity index (χ2v) is 5.14. The minimum Gasteiger partial charge on any atom is -0.441 e. The van der Waals surface area contributed by atoms with E-state index >= 15 is 0 Å². The van der Waals surface area contributed by atoms with Crippen LogP contribution in [0, 0.1) is 0 Å². The normalized spacial score (nSPS) is 36.2. The van der Waals surface area contributed by atoms with E-state index in [1.54, 1.807) is 11.9 Å². The van der Waals surface area contributed by atoms with Gasteiger partial charge in [-0.1, -0.05) is 0 Å². The number of piperidine rings is 1. The molecule has 2 rings (SSSR count). The third-order valence-corrected chi connectivity index (χ3v) is 3.09. The summed E-state index contributed by atoms with van der Waals surface area (Å²) < 4.78 is 5.48. The molecule has 1 unspecified atom stereocenters. The van der Waals surface area contributed by atoms with E-state index in [1.165, 1.54) is 0 Å². The van der Waals surface area contributed by atoms with Crippen molar-refractivity contribution >= 4 is 6.09 Å². The number of carbonyl (C=O) groups is 1. The molecule has 2 saturated heterocycles. The standard InChI is InChI=1S/C10H18N2O2/c1-9(2)6-10(4-5-11-9)7-12(3)8(13)14-10/h11H,4-7H2,1-3H3. The van der Waals surface area contributed by atoms with E-state index in [-0.39, 0.29) is 17.2 Å². The molecule has 4 nitrogen and oxygen atoms in total. The van der Waals surface area contributed by atoms with E-state index in [9.17, 15) is 4.79 Å². The third-order valence-electron chi connectivity index (χ3n) is 3.09. The van der Waals surface area contributed by atoms with Gasteiger partial charge in [-0.05, 0) is 20.4 Å². The number of nitrogens with zero attached hydrogens (tertiary/aromatic N) is 1. The van der Waals surface area contributed by atoms with Crippen LogP contribution in [0.2, 0.25) is 0 Å². The molecule has 80 valence electrons. The summed E-state index contributed by atoms with van der Waals surface area (Å²) in [6.07, 6.45) is 1.64. The number of rotatable bonds is 0. The van der Waals surface area contributed by atoms with Crippen LogP contribution >= 0.6 is 0 Å². The Morgan fingerprint density at radius 3 is 2.71 bits per heavy atom. The van der Waals surface area contributed by atoms with E-state index in [0.717, 1.165) is 25.9 Å². The maximum Gasteiger partial charge on any atom is 0.410 e. The van der Waals surface area contributed by atoms with Crippen molar-refractivity contribution in [2.45, 2.75) is 37.8 Å². The van der Waals surface area contributed by atoms with Gasteiger partial charge in [0.05, 0.1) is 6.54 Å². The molecule has 0 aliphatic carbocycles. The molecular weight excluding hydrogens is 180 g/mol. The van der Waals surface area contributed by atoms with Crippen LogP contribution in [0.25, 0.3) is 0 Å². The second kappa shape index (κ2) is 2.86. The first-order valence-corrected chi connectivity index (χ1v) is 5.12. The molecule has 14 heavy (non-hydrogen) atoms. The third kappa shape index (κ3) is 1.59. The summed E-state index contributed by atoms with van der Waals surface area (Å²) in [6.45, 7) is 5.96. The lowest BCUT2D eigenvalue weighted by Gasteiger charge is -2.41. The first-order valence-electron chi connectivity index (χ1n) is 5.12. The molecule has 2 aliphatic rings. The summed E-state index contributed by atoms with van der Waals surface area (Å²) >= 11 is 0. The number of hydrogen-bond donors (Lipinski definition) is 1. The van der Waals surface area contributed by atoms with Crippen LogP contribution in [0.15, 0.2) is 0 Å². The van der Waals surface area contributed by atoms with E-state index in [2.05, 4.69) is 19.2 Å². The maximum absolute atomic E-state index is 11.3. The molecule has 0 aromatic carbocycles. The fourth-order valence-corrected chi connectivity index (χ4v) is 2.60. The minimum atomic E-state index is -0.236. The lowest BCUT2D eigenvalue weighted by Crippen LogP contribution is -2.55. The van der Waals surface area contributed by atoms with E-state index in [4.69, 9.17) is 4.74 Å². The van der Waals surface area contributed by atoms with Crippen LogP contribution < -0.4 is 5.32 Å². The van der Waals surface area contributed by atoms with Crippen LogP contribution in [0.1, 0.15) is 26.7 Å². The Balaban J connectivity index is 2.14. The highest BCUT2D eigenvalue weighted by Gasteiger charge is 2.48. The number of amides is 1. The van der Waals surface area contributed by atoms with Crippen molar-refractivity contribution in [2.75, 3.05) is 20.1 Å². The van der Waals surface area contributed by atoms with E-state index < -0.39 is 0 Å². The molecule has 0 saturated carbocycles. The molecule has 1 spiro atoms. The summed E-state index contributed by atoms with van der Waals surface area (Å²) in [5.41, 5.74) is -0.162. The number of carbonyl (C=O) groups excluding carboxylic acids is 1. The van der Waals surface area contributed by atoms with E-state index in [1.807, 2.05) is 0 Å². The van der Waals surface area contributed by atoms with Crippen LogP contribution in [0.3, 0.4) is 0 Å². The zero-order valence-electron chi connectivity index (χ0n) is 9.09. The Labute approximate surface area is 84.6 Å². The topological polar surface area (TPSA) is 41.6 Å². The minimum absolute atomic E-state index is 0.0731. The van der Waals surface area contributed by atoms with Gasteiger partial charge in [0.2, 0.25) is 0 Å². The summed E-state index contributed by atoms with van der Waals surface area (Å²) in [6, 6.07) is 0. The van der Waals surface area contributed by atoms with Crippen molar-refractivity contribution in [1.82, 2.24) is 10.2 Å². The molecular formula is C10H18N2O2. The summed E-state index contributed by atoms with van der Waals surface area (Å²) in [5, 5.41) is 3.43. The Kier molecular flexibility index (Phi) is 2.00. The summed E-state index contributed by atoms with van der Waals surface area (Å²) in [5.74, 6) is 0. The number of nitrogens with one attached hydrogen (secondary N) is 1. The monoisotopic (exact) mass is 198 g/mol. The highest BCUT2D eigenvalue weighted by molar-refractivity contribution is 5.70. The van der Waals surface area contributed by atoms with Gasteiger partial charge >= 0.3 is 6.09 Å². The van der Waals surface area contributed by atoms with Crippen LogP contribution in [0.5, 0.6) is 0 Å². The lowest BCUT2D eigenvalue weighted by atomic mass is 9.81. The van der Waals surface area contributed by atoms with Gasteiger partial charge in [0.15, 0.2) is 0 Å². The molecule has 0 aromatic heterocycles. The number of likely N-dealkylation sites (N-methyl/N-ethyl adjacent to an activating group) is 1. The van der Waals surface area contributed by atoms with Crippen molar-refractivity contribution in [3.05, 3.63) is 0 Å². The van der Waals surface area contributed by atoms with Crippen LogP contribution in [0.4, 0.5) is 4.79 Å². The quantitative estimate of drug-likeness (QED) is 0.630. The van der Waals surface area contributed by atoms with Gasteiger partial charge in [0.25, 0.3) is 0 Å². The van der Waals surface area contributed by atoms with Gasteiger partial charge < -0.3 is 15.0 Å². The highest BCUT2D eigenvalue weighted by atomic mass is 16.6. The predicted octanol–water partition coefficient (Wildman–Crippen LogP) is 0.969. The molecule has 1 amide bonds. The smallest absolute Gasteiger partial charge is 0.410 e. The first kappa shape index (κ1) is 9.77. The first-order chi connectivity index (χ1) is 6.43. The van der Waals surface area contributed by atoms with Crippen molar-refractivity contribution in [1.29, 1.82) is 0 Å². The molecule has 1 atom stereocenters. The molecule has 0 aromatic rings. The van der Waals surface area contributed by atoms with Crippen molar-refractivity contribution in [3.63, 3.8) is 0 Å². The summed E-state index contributed by atoms with van der Waals surface area (Å²) in [7, 11) is 1.80. The largest absolute Gasteiger partial charge is 0.441 e. The number of ether oxygens (including phenoxy) is 1. The average molecular weight is 198 g/mol. The molecule has 1 N–H and O–H groups in total. The highest BCUT2D eigenvalue weighted by Crippen LogP contribution is 2.35. The molecule has 0 bridgehead atoms. The Hall–Kier alpha value is -0.770. The van der Waals surface area contributed by atoms with Crippen molar-refractivity contribution < 1.29 is 9.53 Å². The second-order valence-electron chi connectivity index (χ2n) is 5.14. The Bertz CT molecular complexity index is 265. The van der Waals surface area contributed by atoms with Gasteiger partial charge in [-0.15, -0.1) is 0 Å². The van der Waals surface area contributed by atoms with Gasteiger partial charge in [0, 0.05) is 25.4 Å². The fraction of sp³-hybridized carbons (Fsp3) is 0.900. The Morgan fingerprint density at radius 1 is 1.50 bits per heavy atom. The summed E-state index contributed by atoms with van der Waals surface area (Å²) in [4.78, 5) is 13.0. The fourth-order valence-electron chi connectivity index (χ4n) is 2.60. The van der Waals surface area contributed by atoms with Crippen molar-refractivity contribution in [3.8, 4) is 0 Å². The zero-order valence-corrected chi connectivity index (χ0v) is 9.09. The van der Waals surface area contributed by atoms with Gasteiger partial charge in [-0.25, -0.2) is 4.79 Å². The molecule has 2 heterocycles. The van der Waals surface area contributed by atoms with Gasteiger partial charge in [0.1, 0.15) is 5.60 Å². The van der Waals surface area contributed by atoms with Gasteiger partial charge in [-0.2, -0.15) is 0 Å².